The molecule has 0 unspecified atom stereocenters. The van der Waals surface area contributed by atoms with Crippen molar-refractivity contribution >= 4 is 27.2 Å². The molecular formula is C17H18N2O. The van der Waals surface area contributed by atoms with E-state index in [1.165, 1.54) is 21.7 Å². The van der Waals surface area contributed by atoms with Crippen molar-refractivity contribution in [3.63, 3.8) is 0 Å². The quantitative estimate of drug-likeness (QED) is 0.330. The SMILES string of the molecule is NCOCCc1cc(N)c2cc3ccccc3cc2c1. The summed E-state index contributed by atoms with van der Waals surface area (Å²) < 4.78 is 5.20. The number of hydrogen-bond donors (Lipinski definition) is 2. The molecule has 4 N–H and O–H groups in total. The summed E-state index contributed by atoms with van der Waals surface area (Å²) in [7, 11) is 0. The van der Waals surface area contributed by atoms with E-state index < -0.39 is 0 Å². The summed E-state index contributed by atoms with van der Waals surface area (Å²) >= 11 is 0. The lowest BCUT2D eigenvalue weighted by molar-refractivity contribution is 0.144. The number of fused-ring (bicyclic) bond motifs is 2. The van der Waals surface area contributed by atoms with E-state index in [0.29, 0.717) is 6.61 Å². The zero-order chi connectivity index (χ0) is 13.9. The van der Waals surface area contributed by atoms with Crippen molar-refractivity contribution in [3.05, 3.63) is 54.1 Å². The minimum absolute atomic E-state index is 0.258. The van der Waals surface area contributed by atoms with Gasteiger partial charge in [0.15, 0.2) is 0 Å². The predicted molar refractivity (Wildman–Crippen MR) is 84.6 cm³/mol. The van der Waals surface area contributed by atoms with Gasteiger partial charge in [-0.15, -0.1) is 0 Å². The summed E-state index contributed by atoms with van der Waals surface area (Å²) in [5, 5.41) is 4.72. The molecular weight excluding hydrogens is 248 g/mol. The van der Waals surface area contributed by atoms with E-state index in [2.05, 4.69) is 36.4 Å². The van der Waals surface area contributed by atoms with E-state index in [1.807, 2.05) is 12.1 Å². The van der Waals surface area contributed by atoms with Crippen LogP contribution in [0.1, 0.15) is 5.56 Å². The molecule has 0 heterocycles. The first-order chi connectivity index (χ1) is 9.78. The Hall–Kier alpha value is -2.10. The van der Waals surface area contributed by atoms with Gasteiger partial charge in [0.25, 0.3) is 0 Å². The number of hydrogen-bond acceptors (Lipinski definition) is 3. The molecule has 0 atom stereocenters. The van der Waals surface area contributed by atoms with Crippen LogP contribution in [0.3, 0.4) is 0 Å². The van der Waals surface area contributed by atoms with Crippen LogP contribution in [0.5, 0.6) is 0 Å². The largest absolute Gasteiger partial charge is 0.398 e. The number of benzene rings is 3. The highest BCUT2D eigenvalue weighted by Gasteiger charge is 2.04. The van der Waals surface area contributed by atoms with Crippen LogP contribution < -0.4 is 11.5 Å². The summed E-state index contributed by atoms with van der Waals surface area (Å²) in [6, 6.07) is 16.9. The lowest BCUT2D eigenvalue weighted by Gasteiger charge is -2.09. The molecule has 0 radical (unpaired) electrons. The fourth-order valence-electron chi connectivity index (χ4n) is 2.56. The third-order valence-corrected chi connectivity index (χ3v) is 3.56. The van der Waals surface area contributed by atoms with Gasteiger partial charge in [-0.1, -0.05) is 30.3 Å². The second-order valence-corrected chi connectivity index (χ2v) is 4.93. The van der Waals surface area contributed by atoms with Gasteiger partial charge in [0.2, 0.25) is 0 Å². The fourth-order valence-corrected chi connectivity index (χ4v) is 2.56. The second kappa shape index (κ2) is 5.49. The molecule has 0 bridgehead atoms. The van der Waals surface area contributed by atoms with E-state index in [0.717, 1.165) is 17.5 Å². The minimum Gasteiger partial charge on any atom is -0.398 e. The summed E-state index contributed by atoms with van der Waals surface area (Å²) in [6.45, 7) is 0.878. The fraction of sp³-hybridized carbons (Fsp3) is 0.176. The topological polar surface area (TPSA) is 61.3 Å². The Balaban J connectivity index is 2.07. The number of ether oxygens (including phenoxy) is 1. The lowest BCUT2D eigenvalue weighted by Crippen LogP contribution is -2.07. The van der Waals surface area contributed by atoms with Crippen molar-refractivity contribution in [1.82, 2.24) is 0 Å². The molecule has 0 saturated heterocycles. The van der Waals surface area contributed by atoms with Gasteiger partial charge >= 0.3 is 0 Å². The van der Waals surface area contributed by atoms with E-state index in [-0.39, 0.29) is 6.73 Å². The van der Waals surface area contributed by atoms with E-state index >= 15 is 0 Å². The summed E-state index contributed by atoms with van der Waals surface area (Å²) in [5.41, 5.74) is 13.5. The third kappa shape index (κ3) is 2.46. The van der Waals surface area contributed by atoms with Gasteiger partial charge < -0.3 is 16.2 Å². The molecule has 3 aromatic carbocycles. The molecule has 0 amide bonds. The average Bonchev–Trinajstić information content (AvgIpc) is 2.46. The Kier molecular flexibility index (Phi) is 3.54. The van der Waals surface area contributed by atoms with E-state index in [1.54, 1.807) is 0 Å². The number of nitrogen functional groups attached to an aromatic ring is 1. The van der Waals surface area contributed by atoms with Gasteiger partial charge in [0.05, 0.1) is 13.3 Å². The van der Waals surface area contributed by atoms with Gasteiger partial charge in [0, 0.05) is 11.1 Å². The lowest BCUT2D eigenvalue weighted by atomic mass is 9.99. The van der Waals surface area contributed by atoms with Crippen LogP contribution in [0.15, 0.2) is 48.5 Å². The third-order valence-electron chi connectivity index (χ3n) is 3.56. The first kappa shape index (κ1) is 12.9. The maximum atomic E-state index is 6.19. The van der Waals surface area contributed by atoms with Crippen LogP contribution in [-0.2, 0) is 11.2 Å². The molecule has 3 nitrogen and oxygen atoms in total. The van der Waals surface area contributed by atoms with Crippen LogP contribution in [0.25, 0.3) is 21.5 Å². The van der Waals surface area contributed by atoms with Crippen LogP contribution in [0.2, 0.25) is 0 Å². The highest BCUT2D eigenvalue weighted by Crippen LogP contribution is 2.28. The molecule has 3 aromatic rings. The van der Waals surface area contributed by atoms with Crippen LogP contribution in [-0.4, -0.2) is 13.3 Å². The first-order valence-electron chi connectivity index (χ1n) is 6.76. The van der Waals surface area contributed by atoms with Crippen LogP contribution >= 0.6 is 0 Å². The Labute approximate surface area is 118 Å². The molecule has 102 valence electrons. The minimum atomic E-state index is 0.258. The summed E-state index contributed by atoms with van der Waals surface area (Å²) in [4.78, 5) is 0. The van der Waals surface area contributed by atoms with Gasteiger partial charge in [0.1, 0.15) is 0 Å². The van der Waals surface area contributed by atoms with Crippen LogP contribution in [0.4, 0.5) is 5.69 Å². The molecule has 0 saturated carbocycles. The highest BCUT2D eigenvalue weighted by atomic mass is 16.5. The van der Waals surface area contributed by atoms with Gasteiger partial charge in [-0.3, -0.25) is 0 Å². The van der Waals surface area contributed by atoms with Crippen molar-refractivity contribution in [3.8, 4) is 0 Å². The number of anilines is 1. The Morgan fingerprint density at radius 2 is 1.65 bits per heavy atom. The standard InChI is InChI=1S/C17H18N2O/c18-11-20-6-5-12-7-15-9-13-3-1-2-4-14(13)10-16(15)17(19)8-12/h1-4,7-10H,5-6,11,18-19H2. The Morgan fingerprint density at radius 1 is 0.900 bits per heavy atom. The maximum absolute atomic E-state index is 6.19. The maximum Gasteiger partial charge on any atom is 0.0940 e. The van der Waals surface area contributed by atoms with Crippen molar-refractivity contribution in [2.75, 3.05) is 19.1 Å². The molecule has 20 heavy (non-hydrogen) atoms. The highest BCUT2D eigenvalue weighted by molar-refractivity contribution is 6.03. The molecule has 3 rings (SSSR count). The van der Waals surface area contributed by atoms with Crippen molar-refractivity contribution < 1.29 is 4.74 Å². The Morgan fingerprint density at radius 3 is 2.40 bits per heavy atom. The number of nitrogens with two attached hydrogens (primary N) is 2. The zero-order valence-corrected chi connectivity index (χ0v) is 11.3. The van der Waals surface area contributed by atoms with Gasteiger partial charge in [-0.2, -0.15) is 0 Å². The molecule has 0 fully saturated rings. The van der Waals surface area contributed by atoms with E-state index in [9.17, 15) is 0 Å². The number of rotatable bonds is 4. The predicted octanol–water partition coefficient (Wildman–Crippen LogP) is 3.05. The molecule has 0 aliphatic heterocycles. The first-order valence-corrected chi connectivity index (χ1v) is 6.76. The Bertz CT molecular complexity index is 752. The molecule has 0 spiro atoms. The molecule has 0 aromatic heterocycles. The van der Waals surface area contributed by atoms with Crippen molar-refractivity contribution in [2.24, 2.45) is 5.73 Å². The molecule has 3 heteroatoms. The van der Waals surface area contributed by atoms with Gasteiger partial charge in [-0.25, -0.2) is 0 Å². The normalized spacial score (nSPS) is 11.2. The van der Waals surface area contributed by atoms with E-state index in [4.69, 9.17) is 16.2 Å². The monoisotopic (exact) mass is 266 g/mol. The molecule has 0 aliphatic rings. The van der Waals surface area contributed by atoms with Gasteiger partial charge in [-0.05, 0) is 46.3 Å². The summed E-state index contributed by atoms with van der Waals surface area (Å²) in [6.07, 6.45) is 0.824. The summed E-state index contributed by atoms with van der Waals surface area (Å²) in [5.74, 6) is 0. The second-order valence-electron chi connectivity index (χ2n) is 4.93. The van der Waals surface area contributed by atoms with Crippen molar-refractivity contribution in [1.29, 1.82) is 0 Å². The van der Waals surface area contributed by atoms with Crippen molar-refractivity contribution in [2.45, 2.75) is 6.42 Å². The van der Waals surface area contributed by atoms with Crippen LogP contribution in [0, 0.1) is 0 Å². The molecule has 0 aliphatic carbocycles. The zero-order valence-electron chi connectivity index (χ0n) is 11.3. The smallest absolute Gasteiger partial charge is 0.0940 e. The average molecular weight is 266 g/mol.